The molecule has 0 aliphatic heterocycles. The molecular weight excluding hydrogens is 280 g/mol. The van der Waals surface area contributed by atoms with Crippen LogP contribution in [0.25, 0.3) is 10.9 Å². The predicted molar refractivity (Wildman–Crippen MR) is 59.2 cm³/mol. The molecule has 0 saturated heterocycles. The van der Waals surface area contributed by atoms with Gasteiger partial charge in [-0.25, -0.2) is 4.39 Å². The summed E-state index contributed by atoms with van der Waals surface area (Å²) in [7, 11) is 0. The zero-order valence-electron chi connectivity index (χ0n) is 7.01. The van der Waals surface area contributed by atoms with Gasteiger partial charge in [0.15, 0.2) is 0 Å². The summed E-state index contributed by atoms with van der Waals surface area (Å²) >= 11 is 2.17. The van der Waals surface area contributed by atoms with Crippen molar-refractivity contribution < 1.29 is 4.39 Å². The zero-order valence-corrected chi connectivity index (χ0v) is 9.17. The van der Waals surface area contributed by atoms with Crippen LogP contribution < -0.4 is 0 Å². The van der Waals surface area contributed by atoms with E-state index in [1.54, 1.807) is 12.3 Å². The van der Waals surface area contributed by atoms with E-state index in [4.69, 9.17) is 0 Å². The molecule has 66 valence electrons. The molecule has 0 radical (unpaired) electrons. The van der Waals surface area contributed by atoms with E-state index in [1.165, 1.54) is 6.07 Å². The Labute approximate surface area is 89.1 Å². The lowest BCUT2D eigenvalue weighted by Gasteiger charge is -2.02. The summed E-state index contributed by atoms with van der Waals surface area (Å²) in [5, 5.41) is 0.895. The van der Waals surface area contributed by atoms with Crippen LogP contribution in [0.5, 0.6) is 0 Å². The molecule has 0 N–H and O–H groups in total. The Hall–Kier alpha value is -0.710. The van der Waals surface area contributed by atoms with Gasteiger partial charge in [-0.3, -0.25) is 4.98 Å². The lowest BCUT2D eigenvalue weighted by Crippen LogP contribution is -1.87. The van der Waals surface area contributed by atoms with Gasteiger partial charge in [-0.05, 0) is 47.2 Å². The lowest BCUT2D eigenvalue weighted by atomic mass is 10.1. The van der Waals surface area contributed by atoms with Crippen LogP contribution in [-0.4, -0.2) is 4.98 Å². The van der Waals surface area contributed by atoms with E-state index in [0.29, 0.717) is 5.52 Å². The quantitative estimate of drug-likeness (QED) is 0.678. The second-order valence-corrected chi connectivity index (χ2v) is 4.16. The highest BCUT2D eigenvalue weighted by molar-refractivity contribution is 14.1. The third kappa shape index (κ3) is 1.52. The second kappa shape index (κ2) is 3.21. The van der Waals surface area contributed by atoms with Crippen LogP contribution in [0.4, 0.5) is 4.39 Å². The lowest BCUT2D eigenvalue weighted by molar-refractivity contribution is 0.636. The standard InChI is InChI=1S/C10H7FIN/c1-6-2-3-9(11)10-8(6)4-7(12)5-13-10/h2-5H,1H3. The predicted octanol–water partition coefficient (Wildman–Crippen LogP) is 3.29. The Morgan fingerprint density at radius 2 is 2.15 bits per heavy atom. The molecule has 0 bridgehead atoms. The summed E-state index contributed by atoms with van der Waals surface area (Å²) in [4.78, 5) is 4.06. The van der Waals surface area contributed by atoms with E-state index in [0.717, 1.165) is 14.5 Å². The maximum Gasteiger partial charge on any atom is 0.149 e. The molecule has 2 aromatic rings. The molecule has 0 aliphatic rings. The van der Waals surface area contributed by atoms with E-state index in [-0.39, 0.29) is 5.82 Å². The van der Waals surface area contributed by atoms with Crippen molar-refractivity contribution in [2.45, 2.75) is 6.92 Å². The van der Waals surface area contributed by atoms with E-state index in [9.17, 15) is 4.39 Å². The van der Waals surface area contributed by atoms with Gasteiger partial charge in [0, 0.05) is 15.2 Å². The SMILES string of the molecule is Cc1ccc(F)c2ncc(I)cc12. The molecule has 0 aliphatic carbocycles. The summed E-state index contributed by atoms with van der Waals surface area (Å²) in [6, 6.07) is 5.17. The summed E-state index contributed by atoms with van der Waals surface area (Å²) < 4.78 is 14.3. The Morgan fingerprint density at radius 1 is 1.38 bits per heavy atom. The summed E-state index contributed by atoms with van der Waals surface area (Å²) in [6.07, 6.45) is 1.67. The van der Waals surface area contributed by atoms with Crippen LogP contribution in [0.3, 0.4) is 0 Å². The molecule has 0 spiro atoms. The number of aromatic nitrogens is 1. The average Bonchev–Trinajstić information content (AvgIpc) is 2.12. The fourth-order valence-electron chi connectivity index (χ4n) is 1.30. The van der Waals surface area contributed by atoms with Gasteiger partial charge in [-0.1, -0.05) is 6.07 Å². The molecule has 0 atom stereocenters. The monoisotopic (exact) mass is 287 g/mol. The fourth-order valence-corrected chi connectivity index (χ4v) is 1.75. The number of benzene rings is 1. The number of rotatable bonds is 0. The number of halogens is 2. The molecular formula is C10H7FIN. The van der Waals surface area contributed by atoms with Gasteiger partial charge in [0.05, 0.1) is 0 Å². The molecule has 1 aromatic heterocycles. The molecule has 2 rings (SSSR count). The van der Waals surface area contributed by atoms with Crippen molar-refractivity contribution in [3.05, 3.63) is 39.3 Å². The Kier molecular flexibility index (Phi) is 2.19. The van der Waals surface area contributed by atoms with Gasteiger partial charge in [0.1, 0.15) is 11.3 Å². The van der Waals surface area contributed by atoms with Gasteiger partial charge < -0.3 is 0 Å². The number of pyridine rings is 1. The zero-order chi connectivity index (χ0) is 9.42. The molecule has 1 aromatic carbocycles. The van der Waals surface area contributed by atoms with Crippen LogP contribution >= 0.6 is 22.6 Å². The largest absolute Gasteiger partial charge is 0.252 e. The van der Waals surface area contributed by atoms with Crippen molar-refractivity contribution in [1.82, 2.24) is 4.98 Å². The van der Waals surface area contributed by atoms with Crippen molar-refractivity contribution in [3.8, 4) is 0 Å². The minimum atomic E-state index is -0.253. The van der Waals surface area contributed by atoms with Gasteiger partial charge >= 0.3 is 0 Å². The molecule has 0 amide bonds. The van der Waals surface area contributed by atoms with Gasteiger partial charge in [-0.15, -0.1) is 0 Å². The first-order chi connectivity index (χ1) is 6.18. The molecule has 1 heterocycles. The molecule has 0 unspecified atom stereocenters. The van der Waals surface area contributed by atoms with Crippen LogP contribution in [0.15, 0.2) is 24.4 Å². The first-order valence-corrected chi connectivity index (χ1v) is 4.97. The number of hydrogen-bond donors (Lipinski definition) is 0. The molecule has 3 heteroatoms. The molecule has 0 fully saturated rings. The van der Waals surface area contributed by atoms with Gasteiger partial charge in [0.25, 0.3) is 0 Å². The molecule has 1 nitrogen and oxygen atoms in total. The third-order valence-electron chi connectivity index (χ3n) is 1.99. The Morgan fingerprint density at radius 3 is 2.92 bits per heavy atom. The molecule has 13 heavy (non-hydrogen) atoms. The highest BCUT2D eigenvalue weighted by Crippen LogP contribution is 2.20. The number of hydrogen-bond acceptors (Lipinski definition) is 1. The van der Waals surface area contributed by atoms with Crippen molar-refractivity contribution in [2.24, 2.45) is 0 Å². The topological polar surface area (TPSA) is 12.9 Å². The maximum atomic E-state index is 13.2. The normalized spacial score (nSPS) is 10.7. The third-order valence-corrected chi connectivity index (χ3v) is 2.57. The first-order valence-electron chi connectivity index (χ1n) is 3.89. The smallest absolute Gasteiger partial charge is 0.149 e. The summed E-state index contributed by atoms with van der Waals surface area (Å²) in [5.41, 5.74) is 1.52. The Balaban J connectivity index is 2.92. The minimum absolute atomic E-state index is 0.253. The number of nitrogens with zero attached hydrogens (tertiary/aromatic N) is 1. The van der Waals surface area contributed by atoms with Crippen molar-refractivity contribution in [2.75, 3.05) is 0 Å². The van der Waals surface area contributed by atoms with Crippen LogP contribution in [0.1, 0.15) is 5.56 Å². The Bertz CT molecular complexity index is 468. The van der Waals surface area contributed by atoms with E-state index >= 15 is 0 Å². The van der Waals surface area contributed by atoms with E-state index in [1.807, 2.05) is 13.0 Å². The highest BCUT2D eigenvalue weighted by atomic mass is 127. The molecule has 0 saturated carbocycles. The van der Waals surface area contributed by atoms with E-state index in [2.05, 4.69) is 27.6 Å². The van der Waals surface area contributed by atoms with Gasteiger partial charge in [0.2, 0.25) is 0 Å². The van der Waals surface area contributed by atoms with Crippen LogP contribution in [0.2, 0.25) is 0 Å². The fraction of sp³-hybridized carbons (Fsp3) is 0.100. The van der Waals surface area contributed by atoms with E-state index < -0.39 is 0 Å². The summed E-state index contributed by atoms with van der Waals surface area (Å²) in [6.45, 7) is 1.96. The number of aryl methyl sites for hydroxylation is 1. The van der Waals surface area contributed by atoms with Crippen LogP contribution in [0, 0.1) is 16.3 Å². The van der Waals surface area contributed by atoms with Crippen molar-refractivity contribution in [1.29, 1.82) is 0 Å². The van der Waals surface area contributed by atoms with Crippen molar-refractivity contribution >= 4 is 33.5 Å². The first kappa shape index (κ1) is 8.87. The van der Waals surface area contributed by atoms with Crippen molar-refractivity contribution in [3.63, 3.8) is 0 Å². The summed E-state index contributed by atoms with van der Waals surface area (Å²) in [5.74, 6) is -0.253. The van der Waals surface area contributed by atoms with Gasteiger partial charge in [-0.2, -0.15) is 0 Å². The maximum absolute atomic E-state index is 13.2. The second-order valence-electron chi connectivity index (χ2n) is 2.91. The average molecular weight is 287 g/mol. The highest BCUT2D eigenvalue weighted by Gasteiger charge is 2.04. The number of fused-ring (bicyclic) bond motifs is 1. The van der Waals surface area contributed by atoms with Crippen LogP contribution in [-0.2, 0) is 0 Å². The minimum Gasteiger partial charge on any atom is -0.252 e.